The molecule has 0 saturated heterocycles. The lowest BCUT2D eigenvalue weighted by atomic mass is 10.1. The van der Waals surface area contributed by atoms with Crippen LogP contribution in [-0.2, 0) is 6.42 Å². The van der Waals surface area contributed by atoms with Crippen molar-refractivity contribution in [2.24, 2.45) is 0 Å². The third-order valence-corrected chi connectivity index (χ3v) is 4.21. The molecule has 24 heavy (non-hydrogen) atoms. The number of carbonyl (C=O) groups excluding carboxylic acids is 2. The summed E-state index contributed by atoms with van der Waals surface area (Å²) in [6.45, 7) is 2.02. The van der Waals surface area contributed by atoms with Crippen LogP contribution in [0, 0.1) is 0 Å². The number of fused-ring (bicyclic) bond motifs is 1. The highest BCUT2D eigenvalue weighted by Gasteiger charge is 2.37. The first kappa shape index (κ1) is 14.4. The molecular weight excluding hydrogens is 302 g/mol. The van der Waals surface area contributed by atoms with Crippen molar-refractivity contribution in [3.8, 4) is 5.69 Å². The van der Waals surface area contributed by atoms with E-state index in [1.54, 1.807) is 36.5 Å². The van der Waals surface area contributed by atoms with Crippen molar-refractivity contribution in [2.45, 2.75) is 13.3 Å². The molecule has 0 atom stereocenters. The van der Waals surface area contributed by atoms with Crippen molar-refractivity contribution in [3.05, 3.63) is 77.9 Å². The van der Waals surface area contributed by atoms with Crippen LogP contribution in [0.2, 0.25) is 0 Å². The van der Waals surface area contributed by atoms with E-state index in [4.69, 9.17) is 0 Å². The number of carbonyl (C=O) groups is 2. The summed E-state index contributed by atoms with van der Waals surface area (Å²) < 4.78 is 1.92. The summed E-state index contributed by atoms with van der Waals surface area (Å²) >= 11 is 0. The predicted molar refractivity (Wildman–Crippen MR) is 90.5 cm³/mol. The molecule has 1 aliphatic heterocycles. The third kappa shape index (κ3) is 1.98. The molecule has 0 spiro atoms. The standard InChI is InChI=1S/C19H15N3O2/c1-2-17-20-11-12-21(17)15-9-5-6-10-16(15)22-18(23)13-7-3-4-8-14(13)19(22)24/h3-12H,2H2,1H3. The van der Waals surface area contributed by atoms with Gasteiger partial charge in [-0.25, -0.2) is 9.88 Å². The van der Waals surface area contributed by atoms with Crippen molar-refractivity contribution in [1.82, 2.24) is 9.55 Å². The first-order valence-corrected chi connectivity index (χ1v) is 7.81. The highest BCUT2D eigenvalue weighted by atomic mass is 16.2. The zero-order chi connectivity index (χ0) is 16.7. The smallest absolute Gasteiger partial charge is 0.266 e. The summed E-state index contributed by atoms with van der Waals surface area (Å²) in [5.74, 6) is 0.293. The first-order chi connectivity index (χ1) is 11.7. The Morgan fingerprint density at radius 1 is 0.875 bits per heavy atom. The topological polar surface area (TPSA) is 55.2 Å². The number of hydrogen-bond donors (Lipinski definition) is 0. The van der Waals surface area contributed by atoms with Gasteiger partial charge in [0.25, 0.3) is 11.8 Å². The van der Waals surface area contributed by atoms with Gasteiger partial charge in [0.2, 0.25) is 0 Å². The molecular formula is C19H15N3O2. The number of amides is 2. The number of aromatic nitrogens is 2. The summed E-state index contributed by atoms with van der Waals surface area (Å²) in [4.78, 5) is 31.1. The molecule has 5 nitrogen and oxygen atoms in total. The van der Waals surface area contributed by atoms with Gasteiger partial charge < -0.3 is 4.57 Å². The maximum absolute atomic E-state index is 12.8. The lowest BCUT2D eigenvalue weighted by Crippen LogP contribution is -2.30. The Hall–Kier alpha value is -3.21. The molecule has 1 aromatic heterocycles. The second kappa shape index (κ2) is 5.45. The number of anilines is 1. The van der Waals surface area contributed by atoms with Crippen molar-refractivity contribution >= 4 is 17.5 Å². The second-order valence-corrected chi connectivity index (χ2v) is 5.55. The molecule has 0 N–H and O–H groups in total. The van der Waals surface area contributed by atoms with Crippen LogP contribution < -0.4 is 4.90 Å². The minimum absolute atomic E-state index is 0.291. The number of rotatable bonds is 3. The summed E-state index contributed by atoms with van der Waals surface area (Å²) in [7, 11) is 0. The summed E-state index contributed by atoms with van der Waals surface area (Å²) in [5.41, 5.74) is 2.22. The molecule has 2 amide bonds. The fraction of sp³-hybridized carbons (Fsp3) is 0.105. The molecule has 2 aromatic carbocycles. The van der Waals surface area contributed by atoms with Crippen LogP contribution >= 0.6 is 0 Å². The molecule has 3 aromatic rings. The van der Waals surface area contributed by atoms with Crippen molar-refractivity contribution in [1.29, 1.82) is 0 Å². The summed E-state index contributed by atoms with van der Waals surface area (Å²) in [6.07, 6.45) is 4.32. The Bertz CT molecular complexity index is 924. The van der Waals surface area contributed by atoms with E-state index in [0.29, 0.717) is 16.8 Å². The van der Waals surface area contributed by atoms with Crippen LogP contribution in [0.1, 0.15) is 33.5 Å². The van der Waals surface area contributed by atoms with Crippen molar-refractivity contribution < 1.29 is 9.59 Å². The normalized spacial score (nSPS) is 13.5. The van der Waals surface area contributed by atoms with E-state index in [1.165, 1.54) is 4.90 Å². The van der Waals surface area contributed by atoms with Crippen LogP contribution in [0.4, 0.5) is 5.69 Å². The zero-order valence-corrected chi connectivity index (χ0v) is 13.1. The molecule has 0 unspecified atom stereocenters. The maximum atomic E-state index is 12.8. The van der Waals surface area contributed by atoms with Crippen LogP contribution in [0.5, 0.6) is 0 Å². The molecule has 1 aliphatic rings. The number of benzene rings is 2. The van der Waals surface area contributed by atoms with Crippen LogP contribution in [0.25, 0.3) is 5.69 Å². The van der Waals surface area contributed by atoms with Gasteiger partial charge in [-0.2, -0.15) is 0 Å². The van der Waals surface area contributed by atoms with Gasteiger partial charge >= 0.3 is 0 Å². The molecule has 0 bridgehead atoms. The molecule has 0 radical (unpaired) electrons. The average Bonchev–Trinajstić information content (AvgIpc) is 3.19. The number of imide groups is 1. The lowest BCUT2D eigenvalue weighted by Gasteiger charge is -2.19. The SMILES string of the molecule is CCc1nccn1-c1ccccc1N1C(=O)c2ccccc2C1=O. The number of hydrogen-bond acceptors (Lipinski definition) is 3. The van der Waals surface area contributed by atoms with Gasteiger partial charge in [0.05, 0.1) is 22.5 Å². The van der Waals surface area contributed by atoms with E-state index in [2.05, 4.69) is 4.98 Å². The second-order valence-electron chi connectivity index (χ2n) is 5.55. The highest BCUT2D eigenvalue weighted by molar-refractivity contribution is 6.34. The van der Waals surface area contributed by atoms with Crippen molar-refractivity contribution in [3.63, 3.8) is 0 Å². The number of imidazole rings is 1. The van der Waals surface area contributed by atoms with Crippen LogP contribution in [0.15, 0.2) is 60.9 Å². The van der Waals surface area contributed by atoms with Gasteiger partial charge in [0.15, 0.2) is 0 Å². The molecule has 118 valence electrons. The van der Waals surface area contributed by atoms with Crippen LogP contribution in [0.3, 0.4) is 0 Å². The van der Waals surface area contributed by atoms with Gasteiger partial charge in [-0.05, 0) is 24.3 Å². The minimum atomic E-state index is -0.291. The largest absolute Gasteiger partial charge is 0.302 e. The minimum Gasteiger partial charge on any atom is -0.302 e. The molecule has 4 rings (SSSR count). The maximum Gasteiger partial charge on any atom is 0.266 e. The molecule has 2 heterocycles. The van der Waals surface area contributed by atoms with Crippen molar-refractivity contribution in [2.75, 3.05) is 4.90 Å². The highest BCUT2D eigenvalue weighted by Crippen LogP contribution is 2.32. The third-order valence-electron chi connectivity index (χ3n) is 4.21. The number of nitrogens with zero attached hydrogens (tertiary/aromatic N) is 3. The Morgan fingerprint density at radius 2 is 1.46 bits per heavy atom. The molecule has 5 heteroatoms. The van der Waals surface area contributed by atoms with Gasteiger partial charge in [-0.3, -0.25) is 9.59 Å². The van der Waals surface area contributed by atoms with Crippen LogP contribution in [-0.4, -0.2) is 21.4 Å². The fourth-order valence-electron chi connectivity index (χ4n) is 3.08. The quantitative estimate of drug-likeness (QED) is 0.697. The Kier molecular flexibility index (Phi) is 3.27. The molecule has 0 aliphatic carbocycles. The van der Waals surface area contributed by atoms with E-state index in [0.717, 1.165) is 17.9 Å². The molecule has 0 fully saturated rings. The fourth-order valence-corrected chi connectivity index (χ4v) is 3.08. The lowest BCUT2D eigenvalue weighted by molar-refractivity contribution is 0.0926. The average molecular weight is 317 g/mol. The van der Waals surface area contributed by atoms with E-state index >= 15 is 0 Å². The number of para-hydroxylation sites is 2. The first-order valence-electron chi connectivity index (χ1n) is 7.81. The number of aryl methyl sites for hydroxylation is 1. The summed E-state index contributed by atoms with van der Waals surface area (Å²) in [5, 5.41) is 0. The van der Waals surface area contributed by atoms with E-state index in [9.17, 15) is 9.59 Å². The summed E-state index contributed by atoms with van der Waals surface area (Å²) in [6, 6.07) is 14.3. The van der Waals surface area contributed by atoms with E-state index in [1.807, 2.05) is 35.9 Å². The van der Waals surface area contributed by atoms with Gasteiger partial charge in [0.1, 0.15) is 5.82 Å². The van der Waals surface area contributed by atoms with E-state index < -0.39 is 0 Å². The Morgan fingerprint density at radius 3 is 2.08 bits per heavy atom. The van der Waals surface area contributed by atoms with Gasteiger partial charge in [-0.1, -0.05) is 31.2 Å². The van der Waals surface area contributed by atoms with E-state index in [-0.39, 0.29) is 11.8 Å². The molecule has 0 saturated carbocycles. The Balaban J connectivity index is 1.88. The zero-order valence-electron chi connectivity index (χ0n) is 13.1. The predicted octanol–water partition coefficient (Wildman–Crippen LogP) is 3.24. The van der Waals surface area contributed by atoms with Gasteiger partial charge in [0, 0.05) is 18.8 Å². The Labute approximate surface area is 139 Å². The monoisotopic (exact) mass is 317 g/mol. The van der Waals surface area contributed by atoms with Gasteiger partial charge in [-0.15, -0.1) is 0 Å².